The first-order valence-electron chi connectivity index (χ1n) is 9.62. The number of nitrogen functional groups attached to an aromatic ring is 1. The molecule has 0 atom stereocenters. The highest BCUT2D eigenvalue weighted by atomic mass is 15.4. The maximum atomic E-state index is 5.95. The standard InChI is InChI=1S/C20H25N7/c1-20(2)12-26(10-9-23-20)17-6-5-16-24-18(13-3-4-13)19(27(16)25-17)14-7-8-22-15(21)11-14/h5-8,11,13,23H,3-4,9-10,12H2,1-2H3,(H2,21,22). The van der Waals surface area contributed by atoms with E-state index in [0.29, 0.717) is 11.7 Å². The number of hydrogen-bond acceptors (Lipinski definition) is 6. The number of hydrogen-bond donors (Lipinski definition) is 2. The van der Waals surface area contributed by atoms with Gasteiger partial charge in [0.1, 0.15) is 11.6 Å². The molecule has 7 nitrogen and oxygen atoms in total. The summed E-state index contributed by atoms with van der Waals surface area (Å²) in [6.45, 7) is 7.28. The van der Waals surface area contributed by atoms with Crippen molar-refractivity contribution in [3.63, 3.8) is 0 Å². The van der Waals surface area contributed by atoms with E-state index < -0.39 is 0 Å². The minimum Gasteiger partial charge on any atom is -0.384 e. The second kappa shape index (κ2) is 5.92. The number of imidazole rings is 1. The number of nitrogens with one attached hydrogen (secondary N) is 1. The Morgan fingerprint density at radius 3 is 2.81 bits per heavy atom. The third-order valence-electron chi connectivity index (χ3n) is 5.40. The Labute approximate surface area is 158 Å². The largest absolute Gasteiger partial charge is 0.384 e. The maximum absolute atomic E-state index is 5.95. The van der Waals surface area contributed by atoms with Crippen molar-refractivity contribution >= 4 is 17.3 Å². The average Bonchev–Trinajstić information content (AvgIpc) is 3.40. The van der Waals surface area contributed by atoms with Gasteiger partial charge in [0.15, 0.2) is 5.65 Å². The van der Waals surface area contributed by atoms with Gasteiger partial charge in [0.25, 0.3) is 0 Å². The van der Waals surface area contributed by atoms with Crippen LogP contribution in [0, 0.1) is 0 Å². The van der Waals surface area contributed by atoms with Gasteiger partial charge in [-0.3, -0.25) is 0 Å². The van der Waals surface area contributed by atoms with Crippen LogP contribution in [-0.4, -0.2) is 44.8 Å². The van der Waals surface area contributed by atoms with E-state index in [9.17, 15) is 0 Å². The summed E-state index contributed by atoms with van der Waals surface area (Å²) in [7, 11) is 0. The first-order chi connectivity index (χ1) is 13.0. The first-order valence-corrected chi connectivity index (χ1v) is 9.62. The van der Waals surface area contributed by atoms with E-state index in [1.165, 1.54) is 12.8 Å². The van der Waals surface area contributed by atoms with E-state index >= 15 is 0 Å². The monoisotopic (exact) mass is 363 g/mol. The highest BCUT2D eigenvalue weighted by Crippen LogP contribution is 2.44. The third kappa shape index (κ3) is 3.02. The van der Waals surface area contributed by atoms with E-state index in [0.717, 1.165) is 48.1 Å². The Hall–Kier alpha value is -2.67. The minimum absolute atomic E-state index is 0.0748. The molecule has 140 valence electrons. The van der Waals surface area contributed by atoms with Gasteiger partial charge in [0, 0.05) is 42.9 Å². The number of nitrogens with two attached hydrogens (primary N) is 1. The second-order valence-corrected chi connectivity index (χ2v) is 8.28. The zero-order valence-corrected chi connectivity index (χ0v) is 15.8. The number of piperazine rings is 1. The summed E-state index contributed by atoms with van der Waals surface area (Å²) in [5, 5.41) is 8.55. The van der Waals surface area contributed by atoms with E-state index in [1.807, 2.05) is 16.6 Å². The SMILES string of the molecule is CC1(C)CN(c2ccc3nc(C4CC4)c(-c4ccnc(N)c4)n3n2)CCN1. The number of aromatic nitrogens is 4. The minimum atomic E-state index is 0.0748. The molecule has 0 bridgehead atoms. The van der Waals surface area contributed by atoms with Crippen LogP contribution in [0.1, 0.15) is 38.3 Å². The Bertz CT molecular complexity index is 1000. The van der Waals surface area contributed by atoms with E-state index in [2.05, 4.69) is 41.2 Å². The van der Waals surface area contributed by atoms with Gasteiger partial charge in [-0.2, -0.15) is 0 Å². The van der Waals surface area contributed by atoms with Crippen LogP contribution in [0.25, 0.3) is 16.9 Å². The topological polar surface area (TPSA) is 84.4 Å². The molecule has 3 aromatic rings. The molecule has 1 aliphatic heterocycles. The van der Waals surface area contributed by atoms with Crippen molar-refractivity contribution in [2.45, 2.75) is 38.1 Å². The Balaban J connectivity index is 1.64. The van der Waals surface area contributed by atoms with Gasteiger partial charge in [-0.05, 0) is 51.0 Å². The van der Waals surface area contributed by atoms with Crippen molar-refractivity contribution in [3.05, 3.63) is 36.2 Å². The lowest BCUT2D eigenvalue weighted by Gasteiger charge is -2.39. The van der Waals surface area contributed by atoms with Crippen LogP contribution in [-0.2, 0) is 0 Å². The molecule has 4 heterocycles. The third-order valence-corrected chi connectivity index (χ3v) is 5.40. The van der Waals surface area contributed by atoms with Crippen molar-refractivity contribution < 1.29 is 0 Å². The smallest absolute Gasteiger partial charge is 0.154 e. The Kier molecular flexibility index (Phi) is 3.62. The summed E-state index contributed by atoms with van der Waals surface area (Å²) in [5.41, 5.74) is 10.1. The summed E-state index contributed by atoms with van der Waals surface area (Å²) in [5.74, 6) is 2.03. The summed E-state index contributed by atoms with van der Waals surface area (Å²) in [6, 6.07) is 8.08. The molecule has 7 heteroatoms. The van der Waals surface area contributed by atoms with Gasteiger partial charge in [-0.1, -0.05) is 0 Å². The zero-order valence-electron chi connectivity index (χ0n) is 15.8. The number of pyridine rings is 1. The molecular weight excluding hydrogens is 338 g/mol. The molecule has 3 N–H and O–H groups in total. The molecule has 1 aliphatic carbocycles. The second-order valence-electron chi connectivity index (χ2n) is 8.28. The summed E-state index contributed by atoms with van der Waals surface area (Å²) in [4.78, 5) is 11.4. The molecule has 27 heavy (non-hydrogen) atoms. The van der Waals surface area contributed by atoms with Crippen LogP contribution in [0.2, 0.25) is 0 Å². The maximum Gasteiger partial charge on any atom is 0.154 e. The predicted molar refractivity (Wildman–Crippen MR) is 107 cm³/mol. The first kappa shape index (κ1) is 16.5. The number of anilines is 2. The quantitative estimate of drug-likeness (QED) is 0.744. The summed E-state index contributed by atoms with van der Waals surface area (Å²) >= 11 is 0. The van der Waals surface area contributed by atoms with Gasteiger partial charge in [-0.25, -0.2) is 14.5 Å². The van der Waals surface area contributed by atoms with Gasteiger partial charge in [0.2, 0.25) is 0 Å². The van der Waals surface area contributed by atoms with Crippen LogP contribution in [0.15, 0.2) is 30.5 Å². The van der Waals surface area contributed by atoms with Crippen molar-refractivity contribution in [2.24, 2.45) is 0 Å². The zero-order chi connectivity index (χ0) is 18.6. The molecule has 0 aromatic carbocycles. The van der Waals surface area contributed by atoms with Crippen molar-refractivity contribution in [1.82, 2.24) is 24.9 Å². The fraction of sp³-hybridized carbons (Fsp3) is 0.450. The molecule has 5 rings (SSSR count). The number of nitrogens with zero attached hydrogens (tertiary/aromatic N) is 5. The van der Waals surface area contributed by atoms with Crippen LogP contribution >= 0.6 is 0 Å². The molecule has 1 saturated carbocycles. The number of fused-ring (bicyclic) bond motifs is 1. The molecule has 3 aromatic heterocycles. The molecule has 0 spiro atoms. The van der Waals surface area contributed by atoms with E-state index in [4.69, 9.17) is 15.8 Å². The van der Waals surface area contributed by atoms with Crippen molar-refractivity contribution in [1.29, 1.82) is 0 Å². The summed E-state index contributed by atoms with van der Waals surface area (Å²) < 4.78 is 1.99. The lowest BCUT2D eigenvalue weighted by Crippen LogP contribution is -2.57. The Morgan fingerprint density at radius 2 is 2.07 bits per heavy atom. The number of rotatable bonds is 3. The summed E-state index contributed by atoms with van der Waals surface area (Å²) in [6.07, 6.45) is 4.13. The van der Waals surface area contributed by atoms with Crippen LogP contribution < -0.4 is 16.0 Å². The fourth-order valence-corrected chi connectivity index (χ4v) is 3.95. The normalized spacial score (nSPS) is 19.6. The molecule has 0 amide bonds. The van der Waals surface area contributed by atoms with Gasteiger partial charge >= 0.3 is 0 Å². The molecular formula is C20H25N7. The lowest BCUT2D eigenvalue weighted by molar-refractivity contribution is 0.351. The van der Waals surface area contributed by atoms with Crippen molar-refractivity contribution in [2.75, 3.05) is 30.3 Å². The lowest BCUT2D eigenvalue weighted by atomic mass is 10.0. The van der Waals surface area contributed by atoms with Crippen LogP contribution in [0.3, 0.4) is 0 Å². The van der Waals surface area contributed by atoms with Gasteiger partial charge < -0.3 is 16.0 Å². The molecule has 1 saturated heterocycles. The van der Waals surface area contributed by atoms with Gasteiger partial charge in [0.05, 0.1) is 11.4 Å². The molecule has 0 unspecified atom stereocenters. The van der Waals surface area contributed by atoms with Gasteiger partial charge in [-0.15, -0.1) is 5.10 Å². The van der Waals surface area contributed by atoms with Crippen LogP contribution in [0.5, 0.6) is 0 Å². The molecule has 2 fully saturated rings. The average molecular weight is 363 g/mol. The molecule has 2 aliphatic rings. The predicted octanol–water partition coefficient (Wildman–Crippen LogP) is 2.44. The molecule has 0 radical (unpaired) electrons. The highest BCUT2D eigenvalue weighted by Gasteiger charge is 2.32. The van der Waals surface area contributed by atoms with Crippen molar-refractivity contribution in [3.8, 4) is 11.3 Å². The highest BCUT2D eigenvalue weighted by molar-refractivity contribution is 5.70. The van der Waals surface area contributed by atoms with Crippen LogP contribution in [0.4, 0.5) is 11.6 Å². The van der Waals surface area contributed by atoms with E-state index in [1.54, 1.807) is 6.20 Å². The fourth-order valence-electron chi connectivity index (χ4n) is 3.95. The van der Waals surface area contributed by atoms with E-state index in [-0.39, 0.29) is 5.54 Å². The Morgan fingerprint density at radius 1 is 1.22 bits per heavy atom.